The van der Waals surface area contributed by atoms with E-state index in [1.807, 2.05) is 12.1 Å². The van der Waals surface area contributed by atoms with Gasteiger partial charge in [-0.1, -0.05) is 17.7 Å². The third-order valence-electron chi connectivity index (χ3n) is 3.25. The number of aliphatic hydroxyl groups excluding tert-OH is 1. The number of ether oxygens (including phenoxy) is 2. The molecule has 100 valence electrons. The largest absolute Gasteiger partial charge is 0.492 e. The summed E-state index contributed by atoms with van der Waals surface area (Å²) in [6.45, 7) is 4.04. The standard InChI is InChI=1S/C14H19ClO3/c1-10(16)12-2-3-14(13(15)8-12)18-9-11-4-6-17-7-5-11/h2-3,8,10-11,16H,4-7,9H2,1H3. The second kappa shape index (κ2) is 6.41. The van der Waals surface area contributed by atoms with E-state index in [0.29, 0.717) is 23.3 Å². The second-order valence-corrected chi connectivity index (χ2v) is 5.14. The molecule has 1 heterocycles. The van der Waals surface area contributed by atoms with Crippen molar-refractivity contribution in [2.24, 2.45) is 5.92 Å². The molecule has 1 saturated heterocycles. The summed E-state index contributed by atoms with van der Waals surface area (Å²) in [5, 5.41) is 10.0. The molecule has 1 fully saturated rings. The molecule has 1 aromatic carbocycles. The highest BCUT2D eigenvalue weighted by molar-refractivity contribution is 6.32. The van der Waals surface area contributed by atoms with E-state index in [4.69, 9.17) is 21.1 Å². The van der Waals surface area contributed by atoms with Crippen LogP contribution in [0.25, 0.3) is 0 Å². The third-order valence-corrected chi connectivity index (χ3v) is 3.55. The van der Waals surface area contributed by atoms with Crippen LogP contribution in [-0.2, 0) is 4.74 Å². The topological polar surface area (TPSA) is 38.7 Å². The van der Waals surface area contributed by atoms with Crippen LogP contribution in [0.5, 0.6) is 5.75 Å². The van der Waals surface area contributed by atoms with Crippen LogP contribution in [0.1, 0.15) is 31.4 Å². The molecule has 18 heavy (non-hydrogen) atoms. The Labute approximate surface area is 113 Å². The van der Waals surface area contributed by atoms with Gasteiger partial charge in [0.25, 0.3) is 0 Å². The van der Waals surface area contributed by atoms with Crippen molar-refractivity contribution >= 4 is 11.6 Å². The molecule has 1 aliphatic rings. The Bertz CT molecular complexity index is 387. The first kappa shape index (κ1) is 13.7. The van der Waals surface area contributed by atoms with E-state index in [-0.39, 0.29) is 0 Å². The number of aliphatic hydroxyl groups is 1. The smallest absolute Gasteiger partial charge is 0.137 e. The minimum Gasteiger partial charge on any atom is -0.492 e. The van der Waals surface area contributed by atoms with Crippen LogP contribution in [0, 0.1) is 5.92 Å². The molecule has 1 aromatic rings. The van der Waals surface area contributed by atoms with Crippen LogP contribution >= 0.6 is 11.6 Å². The lowest BCUT2D eigenvalue weighted by atomic mass is 10.0. The highest BCUT2D eigenvalue weighted by Gasteiger charge is 2.15. The van der Waals surface area contributed by atoms with Crippen molar-refractivity contribution in [2.75, 3.05) is 19.8 Å². The normalized spacial score (nSPS) is 18.6. The predicted molar refractivity (Wildman–Crippen MR) is 71.1 cm³/mol. The van der Waals surface area contributed by atoms with Crippen LogP contribution in [0.3, 0.4) is 0 Å². The van der Waals surface area contributed by atoms with E-state index in [0.717, 1.165) is 31.6 Å². The molecule has 0 aliphatic carbocycles. The molecule has 1 atom stereocenters. The summed E-state index contributed by atoms with van der Waals surface area (Å²) >= 11 is 6.13. The van der Waals surface area contributed by atoms with E-state index >= 15 is 0 Å². The highest BCUT2D eigenvalue weighted by Crippen LogP contribution is 2.29. The molecule has 4 heteroatoms. The van der Waals surface area contributed by atoms with Crippen molar-refractivity contribution in [1.82, 2.24) is 0 Å². The Balaban J connectivity index is 1.92. The van der Waals surface area contributed by atoms with Gasteiger partial charge in [-0.25, -0.2) is 0 Å². The lowest BCUT2D eigenvalue weighted by Gasteiger charge is -2.22. The van der Waals surface area contributed by atoms with E-state index in [2.05, 4.69) is 0 Å². The number of halogens is 1. The zero-order valence-electron chi connectivity index (χ0n) is 10.6. The quantitative estimate of drug-likeness (QED) is 0.913. The highest BCUT2D eigenvalue weighted by atomic mass is 35.5. The molecule has 0 spiro atoms. The van der Waals surface area contributed by atoms with Crippen molar-refractivity contribution in [2.45, 2.75) is 25.9 Å². The zero-order chi connectivity index (χ0) is 13.0. The molecule has 0 radical (unpaired) electrons. The van der Waals surface area contributed by atoms with Gasteiger partial charge in [-0.3, -0.25) is 0 Å². The monoisotopic (exact) mass is 270 g/mol. The first-order valence-electron chi connectivity index (χ1n) is 6.35. The van der Waals surface area contributed by atoms with E-state index in [9.17, 15) is 5.11 Å². The number of rotatable bonds is 4. The van der Waals surface area contributed by atoms with Crippen molar-refractivity contribution in [3.8, 4) is 5.75 Å². The number of hydrogen-bond donors (Lipinski definition) is 1. The molecular weight excluding hydrogens is 252 g/mol. The average Bonchev–Trinajstić information content (AvgIpc) is 2.38. The van der Waals surface area contributed by atoms with Gasteiger partial charge >= 0.3 is 0 Å². The fraction of sp³-hybridized carbons (Fsp3) is 0.571. The molecule has 3 nitrogen and oxygen atoms in total. The van der Waals surface area contributed by atoms with E-state index in [1.165, 1.54) is 0 Å². The lowest BCUT2D eigenvalue weighted by Crippen LogP contribution is -2.21. The maximum atomic E-state index is 9.46. The van der Waals surface area contributed by atoms with Crippen molar-refractivity contribution in [1.29, 1.82) is 0 Å². The fourth-order valence-corrected chi connectivity index (χ4v) is 2.26. The van der Waals surface area contributed by atoms with Crippen LogP contribution in [0.15, 0.2) is 18.2 Å². The first-order chi connectivity index (χ1) is 8.66. The van der Waals surface area contributed by atoms with Gasteiger partial charge in [0, 0.05) is 13.2 Å². The molecule has 0 saturated carbocycles. The lowest BCUT2D eigenvalue weighted by molar-refractivity contribution is 0.0497. The Kier molecular flexibility index (Phi) is 4.87. The summed E-state index contributed by atoms with van der Waals surface area (Å²) in [6, 6.07) is 5.42. The Morgan fingerprint density at radius 3 is 2.78 bits per heavy atom. The van der Waals surface area contributed by atoms with Crippen LogP contribution in [-0.4, -0.2) is 24.9 Å². The second-order valence-electron chi connectivity index (χ2n) is 4.73. The van der Waals surface area contributed by atoms with E-state index < -0.39 is 6.10 Å². The summed E-state index contributed by atoms with van der Waals surface area (Å²) in [5.74, 6) is 1.24. The van der Waals surface area contributed by atoms with Crippen LogP contribution in [0.2, 0.25) is 5.02 Å². The van der Waals surface area contributed by atoms with Gasteiger partial charge in [0.15, 0.2) is 0 Å². The van der Waals surface area contributed by atoms with Crippen molar-refractivity contribution in [3.63, 3.8) is 0 Å². The minimum atomic E-state index is -0.507. The summed E-state index contributed by atoms with van der Waals surface area (Å²) in [4.78, 5) is 0. The molecule has 2 rings (SSSR count). The SMILES string of the molecule is CC(O)c1ccc(OCC2CCOCC2)c(Cl)c1. The predicted octanol–water partition coefficient (Wildman–Crippen LogP) is 3.20. The summed E-state index contributed by atoms with van der Waals surface area (Å²) in [6.07, 6.45) is 1.58. The van der Waals surface area contributed by atoms with Gasteiger partial charge in [0.05, 0.1) is 17.7 Å². The molecular formula is C14H19ClO3. The Hall–Kier alpha value is -0.770. The summed E-state index contributed by atoms with van der Waals surface area (Å²) in [5.41, 5.74) is 0.804. The molecule has 1 unspecified atom stereocenters. The summed E-state index contributed by atoms with van der Waals surface area (Å²) < 4.78 is 11.1. The molecule has 0 bridgehead atoms. The van der Waals surface area contributed by atoms with Gasteiger partial charge in [-0.2, -0.15) is 0 Å². The minimum absolute atomic E-state index is 0.507. The Morgan fingerprint density at radius 1 is 1.44 bits per heavy atom. The third kappa shape index (κ3) is 3.61. The van der Waals surface area contributed by atoms with Gasteiger partial charge < -0.3 is 14.6 Å². The molecule has 0 amide bonds. The molecule has 1 N–H and O–H groups in total. The van der Waals surface area contributed by atoms with Crippen molar-refractivity contribution < 1.29 is 14.6 Å². The molecule has 1 aliphatic heterocycles. The maximum Gasteiger partial charge on any atom is 0.137 e. The van der Waals surface area contributed by atoms with Gasteiger partial charge in [0.1, 0.15) is 5.75 Å². The number of benzene rings is 1. The average molecular weight is 271 g/mol. The molecule has 0 aromatic heterocycles. The fourth-order valence-electron chi connectivity index (χ4n) is 2.01. The Morgan fingerprint density at radius 2 is 2.17 bits per heavy atom. The first-order valence-corrected chi connectivity index (χ1v) is 6.72. The zero-order valence-corrected chi connectivity index (χ0v) is 11.3. The summed E-state index contributed by atoms with van der Waals surface area (Å²) in [7, 11) is 0. The van der Waals surface area contributed by atoms with Crippen LogP contribution < -0.4 is 4.74 Å². The van der Waals surface area contributed by atoms with Gasteiger partial charge in [-0.05, 0) is 43.4 Å². The maximum absolute atomic E-state index is 9.46. The van der Waals surface area contributed by atoms with E-state index in [1.54, 1.807) is 13.0 Å². The van der Waals surface area contributed by atoms with Crippen LogP contribution in [0.4, 0.5) is 0 Å². The number of hydrogen-bond acceptors (Lipinski definition) is 3. The van der Waals surface area contributed by atoms with Gasteiger partial charge in [0.2, 0.25) is 0 Å². The van der Waals surface area contributed by atoms with Gasteiger partial charge in [-0.15, -0.1) is 0 Å². The van der Waals surface area contributed by atoms with Crippen molar-refractivity contribution in [3.05, 3.63) is 28.8 Å².